The predicted octanol–water partition coefficient (Wildman–Crippen LogP) is 3.04. The number of hydrogen-bond acceptors (Lipinski definition) is 2. The molecule has 0 heterocycles. The molecule has 0 aliphatic heterocycles. The molecule has 18 heavy (non-hydrogen) atoms. The van der Waals surface area contributed by atoms with Gasteiger partial charge in [0, 0.05) is 7.11 Å². The highest BCUT2D eigenvalue weighted by atomic mass is 19.4. The summed E-state index contributed by atoms with van der Waals surface area (Å²) in [6.07, 6.45) is -3.36. The fourth-order valence-electron chi connectivity index (χ4n) is 1.90. The number of hydrogen-bond donors (Lipinski definition) is 1. The van der Waals surface area contributed by atoms with Crippen molar-refractivity contribution >= 4 is 5.97 Å². The summed E-state index contributed by atoms with van der Waals surface area (Å²) in [6, 6.07) is 2.84. The Morgan fingerprint density at radius 3 is 2.33 bits per heavy atom. The quantitative estimate of drug-likeness (QED) is 0.908. The zero-order valence-corrected chi connectivity index (χ0v) is 9.54. The molecule has 1 fully saturated rings. The minimum Gasteiger partial charge on any atom is -0.478 e. The second-order valence-corrected chi connectivity index (χ2v) is 4.30. The number of carboxylic acid groups (broad SMARTS) is 1. The molecule has 1 aliphatic carbocycles. The number of carbonyl (C=O) groups is 1. The van der Waals surface area contributed by atoms with Gasteiger partial charge in [-0.25, -0.2) is 4.79 Å². The molecule has 0 unspecified atom stereocenters. The minimum atomic E-state index is -4.57. The van der Waals surface area contributed by atoms with Gasteiger partial charge in [-0.1, -0.05) is 0 Å². The van der Waals surface area contributed by atoms with Crippen molar-refractivity contribution in [3.05, 3.63) is 34.9 Å². The third-order valence-electron chi connectivity index (χ3n) is 3.13. The van der Waals surface area contributed by atoms with Gasteiger partial charge in [0.25, 0.3) is 0 Å². The number of alkyl halides is 3. The van der Waals surface area contributed by atoms with Crippen LogP contribution in [-0.2, 0) is 16.5 Å². The van der Waals surface area contributed by atoms with Gasteiger partial charge < -0.3 is 9.84 Å². The number of halogens is 3. The molecule has 0 amide bonds. The maximum Gasteiger partial charge on any atom is 0.416 e. The summed E-state index contributed by atoms with van der Waals surface area (Å²) >= 11 is 0. The molecule has 0 atom stereocenters. The van der Waals surface area contributed by atoms with E-state index in [1.165, 1.54) is 13.2 Å². The number of ether oxygens (including phenoxy) is 1. The van der Waals surface area contributed by atoms with Crippen LogP contribution in [0, 0.1) is 0 Å². The second kappa shape index (κ2) is 3.98. The first kappa shape index (κ1) is 12.9. The average Bonchev–Trinajstić information content (AvgIpc) is 3.08. The SMILES string of the molecule is COC1(c2cc(C(=O)O)cc(C(F)(F)F)c2)CC1. The second-order valence-electron chi connectivity index (χ2n) is 4.30. The van der Waals surface area contributed by atoms with E-state index in [2.05, 4.69) is 0 Å². The van der Waals surface area contributed by atoms with Crippen LogP contribution in [0.3, 0.4) is 0 Å². The normalized spacial score (nSPS) is 17.6. The molecule has 6 heteroatoms. The number of aromatic carboxylic acids is 1. The van der Waals surface area contributed by atoms with Crippen molar-refractivity contribution in [3.63, 3.8) is 0 Å². The van der Waals surface area contributed by atoms with Crippen LogP contribution in [0.4, 0.5) is 13.2 Å². The zero-order valence-electron chi connectivity index (χ0n) is 9.54. The Morgan fingerprint density at radius 2 is 1.94 bits per heavy atom. The molecule has 0 saturated heterocycles. The largest absolute Gasteiger partial charge is 0.478 e. The number of methoxy groups -OCH3 is 1. The lowest BCUT2D eigenvalue weighted by atomic mass is 10.00. The molecule has 0 aromatic heterocycles. The highest BCUT2D eigenvalue weighted by Gasteiger charge is 2.46. The summed E-state index contributed by atoms with van der Waals surface area (Å²) in [5.74, 6) is -1.38. The molecule has 1 saturated carbocycles. The van der Waals surface area contributed by atoms with Crippen molar-refractivity contribution in [1.82, 2.24) is 0 Å². The summed E-state index contributed by atoms with van der Waals surface area (Å²) in [5, 5.41) is 8.85. The van der Waals surface area contributed by atoms with E-state index in [0.29, 0.717) is 18.9 Å². The summed E-state index contributed by atoms with van der Waals surface area (Å²) in [4.78, 5) is 10.9. The van der Waals surface area contributed by atoms with Crippen molar-refractivity contribution in [2.75, 3.05) is 7.11 Å². The first-order chi connectivity index (χ1) is 8.28. The van der Waals surface area contributed by atoms with E-state index in [0.717, 1.165) is 6.07 Å². The van der Waals surface area contributed by atoms with Gasteiger partial charge in [0.15, 0.2) is 0 Å². The van der Waals surface area contributed by atoms with Gasteiger partial charge in [-0.05, 0) is 36.6 Å². The van der Waals surface area contributed by atoms with Crippen LogP contribution < -0.4 is 0 Å². The molecular formula is C12H11F3O3. The lowest BCUT2D eigenvalue weighted by molar-refractivity contribution is -0.137. The first-order valence-electron chi connectivity index (χ1n) is 5.30. The van der Waals surface area contributed by atoms with Crippen molar-refractivity contribution < 1.29 is 27.8 Å². The fourth-order valence-corrected chi connectivity index (χ4v) is 1.90. The summed E-state index contributed by atoms with van der Waals surface area (Å²) < 4.78 is 43.2. The van der Waals surface area contributed by atoms with E-state index in [-0.39, 0.29) is 11.1 Å². The van der Waals surface area contributed by atoms with Gasteiger partial charge in [0.1, 0.15) is 0 Å². The van der Waals surface area contributed by atoms with Gasteiger partial charge in [0.05, 0.1) is 16.7 Å². The summed E-state index contributed by atoms with van der Waals surface area (Å²) in [7, 11) is 1.41. The van der Waals surface area contributed by atoms with Crippen LogP contribution in [0.15, 0.2) is 18.2 Å². The van der Waals surface area contributed by atoms with E-state index >= 15 is 0 Å². The molecule has 1 aliphatic rings. The standard InChI is InChI=1S/C12H11F3O3/c1-18-11(2-3-11)8-4-7(10(16)17)5-9(6-8)12(13,14)15/h4-6H,2-3H2,1H3,(H,16,17). The third-order valence-corrected chi connectivity index (χ3v) is 3.13. The predicted molar refractivity (Wildman–Crippen MR) is 56.3 cm³/mol. The van der Waals surface area contributed by atoms with E-state index in [1.54, 1.807) is 0 Å². The van der Waals surface area contributed by atoms with Crippen LogP contribution in [0.2, 0.25) is 0 Å². The van der Waals surface area contributed by atoms with Gasteiger partial charge >= 0.3 is 12.1 Å². The fraction of sp³-hybridized carbons (Fsp3) is 0.417. The topological polar surface area (TPSA) is 46.5 Å². The van der Waals surface area contributed by atoms with E-state index in [1.807, 2.05) is 0 Å². The Hall–Kier alpha value is -1.56. The van der Waals surface area contributed by atoms with Crippen LogP contribution in [0.1, 0.15) is 34.3 Å². The van der Waals surface area contributed by atoms with E-state index < -0.39 is 23.3 Å². The van der Waals surface area contributed by atoms with Crippen LogP contribution >= 0.6 is 0 Å². The lowest BCUT2D eigenvalue weighted by Crippen LogP contribution is -2.14. The van der Waals surface area contributed by atoms with E-state index in [4.69, 9.17) is 9.84 Å². The van der Waals surface area contributed by atoms with Crippen LogP contribution in [0.5, 0.6) is 0 Å². The first-order valence-corrected chi connectivity index (χ1v) is 5.30. The molecule has 2 rings (SSSR count). The number of carboxylic acids is 1. The Bertz CT molecular complexity index is 490. The third kappa shape index (κ3) is 2.20. The van der Waals surface area contributed by atoms with E-state index in [9.17, 15) is 18.0 Å². The molecule has 0 radical (unpaired) electrons. The smallest absolute Gasteiger partial charge is 0.416 e. The molecule has 0 spiro atoms. The van der Waals surface area contributed by atoms with Gasteiger partial charge in [-0.3, -0.25) is 0 Å². The Kier molecular flexibility index (Phi) is 2.85. The molecule has 0 bridgehead atoms. The van der Waals surface area contributed by atoms with Gasteiger partial charge in [-0.2, -0.15) is 13.2 Å². The van der Waals surface area contributed by atoms with Crippen molar-refractivity contribution in [1.29, 1.82) is 0 Å². The number of benzene rings is 1. The lowest BCUT2D eigenvalue weighted by Gasteiger charge is -2.17. The molecule has 1 aromatic rings. The van der Waals surface area contributed by atoms with Crippen molar-refractivity contribution in [2.45, 2.75) is 24.6 Å². The highest BCUT2D eigenvalue weighted by Crippen LogP contribution is 2.49. The maximum absolute atomic E-state index is 12.7. The Morgan fingerprint density at radius 1 is 1.33 bits per heavy atom. The zero-order chi connectivity index (χ0) is 13.6. The molecular weight excluding hydrogens is 249 g/mol. The molecule has 3 nitrogen and oxygen atoms in total. The van der Waals surface area contributed by atoms with Crippen molar-refractivity contribution in [3.8, 4) is 0 Å². The summed E-state index contributed by atoms with van der Waals surface area (Å²) in [6.45, 7) is 0. The number of rotatable bonds is 3. The monoisotopic (exact) mass is 260 g/mol. The van der Waals surface area contributed by atoms with Crippen LogP contribution in [-0.4, -0.2) is 18.2 Å². The van der Waals surface area contributed by atoms with Crippen LogP contribution in [0.25, 0.3) is 0 Å². The molecule has 1 aromatic carbocycles. The van der Waals surface area contributed by atoms with Crippen molar-refractivity contribution in [2.24, 2.45) is 0 Å². The molecule has 1 N–H and O–H groups in total. The minimum absolute atomic E-state index is 0.275. The maximum atomic E-state index is 12.7. The molecule has 98 valence electrons. The van der Waals surface area contributed by atoms with Gasteiger partial charge in [0.2, 0.25) is 0 Å². The highest BCUT2D eigenvalue weighted by molar-refractivity contribution is 5.88. The summed E-state index contributed by atoms with van der Waals surface area (Å²) in [5.41, 5.74) is -1.80. The van der Waals surface area contributed by atoms with Gasteiger partial charge in [-0.15, -0.1) is 0 Å². The average molecular weight is 260 g/mol. The Labute approximate surface area is 101 Å². The Balaban J connectivity index is 2.54.